The van der Waals surface area contributed by atoms with Crippen molar-refractivity contribution < 1.29 is 13.9 Å². The lowest BCUT2D eigenvalue weighted by atomic mass is 10.3. The molecule has 2 rings (SSSR count). The van der Waals surface area contributed by atoms with Crippen molar-refractivity contribution in [2.45, 2.75) is 6.92 Å². The van der Waals surface area contributed by atoms with Gasteiger partial charge in [0, 0.05) is 13.0 Å². The summed E-state index contributed by atoms with van der Waals surface area (Å²) in [4.78, 5) is 9.22. The number of hydrogen-bond donors (Lipinski definition) is 1. The average molecular weight is 181 g/mol. The number of fused-ring (bicyclic) bond motifs is 2. The Morgan fingerprint density at radius 2 is 2.15 bits per heavy atom. The number of carbonyl (C=O) groups is 1. The van der Waals surface area contributed by atoms with Crippen LogP contribution in [0, 0.1) is 0 Å². The molecule has 0 unspecified atom stereocenters. The first kappa shape index (κ1) is 9.38. The van der Waals surface area contributed by atoms with Crippen molar-refractivity contribution >= 4 is 17.1 Å². The zero-order valence-corrected chi connectivity index (χ0v) is 7.53. The third kappa shape index (κ3) is 2.37. The van der Waals surface area contributed by atoms with Gasteiger partial charge in [-0.1, -0.05) is 0 Å². The van der Waals surface area contributed by atoms with Crippen LogP contribution in [0.1, 0.15) is 6.92 Å². The van der Waals surface area contributed by atoms with E-state index in [9.17, 15) is 4.79 Å². The third-order valence-electron chi connectivity index (χ3n) is 1.36. The summed E-state index contributed by atoms with van der Waals surface area (Å²) < 4.78 is 10.2. The second-order valence-corrected chi connectivity index (χ2v) is 2.53. The summed E-state index contributed by atoms with van der Waals surface area (Å²) in [5, 5.41) is 0. The Morgan fingerprint density at radius 3 is 2.38 bits per heavy atom. The van der Waals surface area contributed by atoms with Crippen LogP contribution in [-0.2, 0) is 4.79 Å². The number of amides is 1. The highest BCUT2D eigenvalue weighted by atomic mass is 16.5. The van der Waals surface area contributed by atoms with Crippen LogP contribution in [0.5, 0.6) is 5.75 Å². The van der Waals surface area contributed by atoms with Crippen LogP contribution < -0.4 is 10.5 Å². The fourth-order valence-corrected chi connectivity index (χ4v) is 0.923. The van der Waals surface area contributed by atoms with E-state index in [0.29, 0.717) is 0 Å². The minimum Gasteiger partial charge on any atom is -0.493 e. The van der Waals surface area contributed by atoms with Gasteiger partial charge in [0.1, 0.15) is 5.58 Å². The highest BCUT2D eigenvalue weighted by molar-refractivity contribution is 5.70. The molecule has 1 amide bonds. The van der Waals surface area contributed by atoms with Crippen molar-refractivity contribution in [3.8, 4) is 5.75 Å². The molecule has 2 N–H and O–H groups in total. The van der Waals surface area contributed by atoms with E-state index in [-0.39, 0.29) is 5.91 Å². The Labute approximate surface area is 75.6 Å². The monoisotopic (exact) mass is 181 g/mol. The van der Waals surface area contributed by atoms with E-state index >= 15 is 0 Å². The van der Waals surface area contributed by atoms with Crippen LogP contribution in [-0.4, -0.2) is 13.0 Å². The second kappa shape index (κ2) is 3.80. The van der Waals surface area contributed by atoms with Gasteiger partial charge in [-0.25, -0.2) is 0 Å². The minimum absolute atomic E-state index is 0.333. The van der Waals surface area contributed by atoms with Crippen LogP contribution in [0.2, 0.25) is 0 Å². The molecule has 2 bridgehead atoms. The average Bonchev–Trinajstić information content (AvgIpc) is 2.62. The summed E-state index contributed by atoms with van der Waals surface area (Å²) in [6.07, 6.45) is 0. The third-order valence-corrected chi connectivity index (χ3v) is 1.36. The number of rotatable bonds is 1. The molecule has 0 radical (unpaired) electrons. The van der Waals surface area contributed by atoms with Crippen LogP contribution >= 0.6 is 0 Å². The van der Waals surface area contributed by atoms with E-state index in [1.165, 1.54) is 6.92 Å². The fraction of sp³-hybridized carbons (Fsp3) is 0.222. The fourth-order valence-electron chi connectivity index (χ4n) is 0.923. The highest BCUT2D eigenvalue weighted by Gasteiger charge is 2.04. The number of primary amides is 1. The summed E-state index contributed by atoms with van der Waals surface area (Å²) in [6, 6.07) is 5.68. The predicted octanol–water partition coefficient (Wildman–Crippen LogP) is 1.37. The number of hydrogen-bond acceptors (Lipinski definition) is 3. The topological polar surface area (TPSA) is 65.5 Å². The SMILES string of the molecule is CC(N)=O.COc1cc2ccc1o2. The van der Waals surface area contributed by atoms with Gasteiger partial charge in [-0.3, -0.25) is 4.79 Å². The predicted molar refractivity (Wildman–Crippen MR) is 48.8 cm³/mol. The van der Waals surface area contributed by atoms with E-state index in [1.807, 2.05) is 18.2 Å². The normalized spacial score (nSPS) is 9.38. The van der Waals surface area contributed by atoms with Crippen molar-refractivity contribution in [1.29, 1.82) is 0 Å². The summed E-state index contributed by atoms with van der Waals surface area (Å²) in [7, 11) is 1.64. The maximum absolute atomic E-state index is 9.22. The lowest BCUT2D eigenvalue weighted by molar-refractivity contribution is -0.115. The van der Waals surface area contributed by atoms with Gasteiger partial charge >= 0.3 is 0 Å². The van der Waals surface area contributed by atoms with E-state index in [1.54, 1.807) is 7.11 Å². The van der Waals surface area contributed by atoms with Crippen molar-refractivity contribution in [2.24, 2.45) is 5.73 Å². The van der Waals surface area contributed by atoms with E-state index < -0.39 is 0 Å². The number of carbonyl (C=O) groups excluding carboxylic acids is 1. The van der Waals surface area contributed by atoms with Gasteiger partial charge in [-0.15, -0.1) is 0 Å². The largest absolute Gasteiger partial charge is 0.493 e. The molecule has 0 atom stereocenters. The highest BCUT2D eigenvalue weighted by Crippen LogP contribution is 2.27. The van der Waals surface area contributed by atoms with E-state index in [4.69, 9.17) is 9.15 Å². The Morgan fingerprint density at radius 1 is 1.54 bits per heavy atom. The molecule has 0 saturated carbocycles. The molecule has 4 heteroatoms. The minimum atomic E-state index is -0.333. The number of nitrogens with two attached hydrogens (primary N) is 1. The Kier molecular flexibility index (Phi) is 2.74. The first-order valence-corrected chi connectivity index (χ1v) is 3.75. The van der Waals surface area contributed by atoms with Crippen LogP contribution in [0.15, 0.2) is 22.6 Å². The molecule has 70 valence electrons. The first-order chi connectivity index (χ1) is 6.13. The smallest absolute Gasteiger partial charge is 0.214 e. The molecule has 0 aliphatic carbocycles. The summed E-state index contributed by atoms with van der Waals surface area (Å²) >= 11 is 0. The molecule has 0 aromatic carbocycles. The second-order valence-electron chi connectivity index (χ2n) is 2.53. The van der Waals surface area contributed by atoms with Gasteiger partial charge in [0.2, 0.25) is 5.91 Å². The van der Waals surface area contributed by atoms with Gasteiger partial charge < -0.3 is 14.9 Å². The zero-order chi connectivity index (χ0) is 9.84. The summed E-state index contributed by atoms with van der Waals surface area (Å²) in [5.41, 5.74) is 6.18. The first-order valence-electron chi connectivity index (χ1n) is 3.75. The number of furan rings is 2. The summed E-state index contributed by atoms with van der Waals surface area (Å²) in [6.45, 7) is 1.31. The standard InChI is InChI=1S/C7H6O2.C2H5NO/c1-8-7-4-5-2-3-6(7)9-5;1-2(3)4/h2-4H,1H3;1H3,(H2,3,4). The molecule has 0 fully saturated rings. The van der Waals surface area contributed by atoms with Crippen LogP contribution in [0.3, 0.4) is 0 Å². The molecule has 2 aromatic rings. The van der Waals surface area contributed by atoms with Crippen molar-refractivity contribution in [3.05, 3.63) is 18.2 Å². The number of benzene rings is 1. The molecule has 4 nitrogen and oxygen atoms in total. The van der Waals surface area contributed by atoms with Gasteiger partial charge in [-0.05, 0) is 12.1 Å². The van der Waals surface area contributed by atoms with E-state index in [0.717, 1.165) is 16.9 Å². The quantitative estimate of drug-likeness (QED) is 0.722. The molecule has 0 aliphatic heterocycles. The molecule has 0 saturated heterocycles. The molecule has 0 spiro atoms. The Hall–Kier alpha value is -1.71. The maximum atomic E-state index is 9.22. The lowest BCUT2D eigenvalue weighted by Crippen LogP contribution is -2.01. The number of ether oxygens (including phenoxy) is 1. The summed E-state index contributed by atoms with van der Waals surface area (Å²) in [5.74, 6) is 0.493. The molecular weight excluding hydrogens is 170 g/mol. The van der Waals surface area contributed by atoms with E-state index in [2.05, 4.69) is 5.73 Å². The molecule has 2 heterocycles. The maximum Gasteiger partial charge on any atom is 0.214 e. The molecule has 0 aliphatic rings. The van der Waals surface area contributed by atoms with Gasteiger partial charge in [0.15, 0.2) is 11.3 Å². The van der Waals surface area contributed by atoms with Gasteiger partial charge in [0.05, 0.1) is 7.11 Å². The number of methoxy groups -OCH3 is 1. The van der Waals surface area contributed by atoms with Gasteiger partial charge in [-0.2, -0.15) is 0 Å². The van der Waals surface area contributed by atoms with Crippen molar-refractivity contribution in [3.63, 3.8) is 0 Å². The molecule has 2 aromatic heterocycles. The Bertz CT molecular complexity index is 376. The van der Waals surface area contributed by atoms with Crippen LogP contribution in [0.4, 0.5) is 0 Å². The van der Waals surface area contributed by atoms with Gasteiger partial charge in [0.25, 0.3) is 0 Å². The lowest BCUT2D eigenvalue weighted by Gasteiger charge is -1.90. The molecular formula is C9H11NO3. The van der Waals surface area contributed by atoms with Crippen molar-refractivity contribution in [2.75, 3.05) is 7.11 Å². The zero-order valence-electron chi connectivity index (χ0n) is 7.53. The van der Waals surface area contributed by atoms with Crippen molar-refractivity contribution in [1.82, 2.24) is 0 Å². The molecule has 13 heavy (non-hydrogen) atoms. The Balaban J connectivity index is 0.000000184. The van der Waals surface area contributed by atoms with Crippen LogP contribution in [0.25, 0.3) is 11.2 Å².